The first-order valence-corrected chi connectivity index (χ1v) is 12.2. The zero-order chi connectivity index (χ0) is 24.2. The molecule has 0 fully saturated rings. The number of aromatic amines is 2. The molecule has 36 heavy (non-hydrogen) atoms. The fourth-order valence-corrected chi connectivity index (χ4v) is 4.39. The quantitative estimate of drug-likeness (QED) is 0.224. The third-order valence-electron chi connectivity index (χ3n) is 6.46. The van der Waals surface area contributed by atoms with Gasteiger partial charge in [0.1, 0.15) is 0 Å². The van der Waals surface area contributed by atoms with Crippen molar-refractivity contribution >= 4 is 45.6 Å². The standard InChI is InChI=1S/C32H26N4/c1(23-3-9-29(10-4-23)35-21-25-7-13-31-27(19-25)15-17-33-31)2-24-5-11-30(12-6-24)36-22-26-8-14-32-28(20-26)16-18-34-32/h3-22,33-34H,1-2H2. The molecule has 0 saturated heterocycles. The first kappa shape index (κ1) is 21.8. The Bertz CT molecular complexity index is 1540. The van der Waals surface area contributed by atoms with E-state index in [1.54, 1.807) is 0 Å². The molecule has 2 heterocycles. The zero-order valence-electron chi connectivity index (χ0n) is 19.9. The lowest BCUT2D eigenvalue weighted by atomic mass is 10.0. The molecule has 6 rings (SSSR count). The summed E-state index contributed by atoms with van der Waals surface area (Å²) in [5, 5.41) is 2.40. The van der Waals surface area contributed by atoms with E-state index < -0.39 is 0 Å². The number of nitrogens with zero attached hydrogens (tertiary/aromatic N) is 2. The average molecular weight is 467 g/mol. The second-order valence-corrected chi connectivity index (χ2v) is 9.00. The lowest BCUT2D eigenvalue weighted by Gasteiger charge is -2.04. The molecular weight excluding hydrogens is 440 g/mol. The van der Waals surface area contributed by atoms with Gasteiger partial charge in [-0.15, -0.1) is 0 Å². The molecule has 2 aromatic heterocycles. The summed E-state index contributed by atoms with van der Waals surface area (Å²) < 4.78 is 0. The van der Waals surface area contributed by atoms with Crippen LogP contribution in [-0.2, 0) is 12.8 Å². The van der Waals surface area contributed by atoms with E-state index in [-0.39, 0.29) is 0 Å². The molecule has 0 unspecified atom stereocenters. The predicted octanol–water partition coefficient (Wildman–Crippen LogP) is 7.94. The van der Waals surface area contributed by atoms with E-state index in [1.165, 1.54) is 21.9 Å². The molecule has 4 aromatic carbocycles. The fraction of sp³-hybridized carbons (Fsp3) is 0.0625. The van der Waals surface area contributed by atoms with Crippen molar-refractivity contribution in [3.05, 3.63) is 132 Å². The summed E-state index contributed by atoms with van der Waals surface area (Å²) >= 11 is 0. The van der Waals surface area contributed by atoms with Gasteiger partial charge < -0.3 is 9.97 Å². The lowest BCUT2D eigenvalue weighted by Crippen LogP contribution is -1.90. The highest BCUT2D eigenvalue weighted by molar-refractivity contribution is 5.90. The van der Waals surface area contributed by atoms with Gasteiger partial charge in [-0.3, -0.25) is 9.98 Å². The van der Waals surface area contributed by atoms with Crippen LogP contribution in [0.1, 0.15) is 22.3 Å². The molecule has 0 saturated carbocycles. The van der Waals surface area contributed by atoms with Crippen LogP contribution in [0.25, 0.3) is 21.8 Å². The maximum Gasteiger partial charge on any atom is 0.0630 e. The van der Waals surface area contributed by atoms with Gasteiger partial charge in [0.05, 0.1) is 11.4 Å². The Morgan fingerprint density at radius 1 is 0.500 bits per heavy atom. The predicted molar refractivity (Wildman–Crippen MR) is 151 cm³/mol. The highest BCUT2D eigenvalue weighted by Gasteiger charge is 2.00. The van der Waals surface area contributed by atoms with Gasteiger partial charge in [0.15, 0.2) is 0 Å². The van der Waals surface area contributed by atoms with E-state index in [0.29, 0.717) is 0 Å². The molecule has 174 valence electrons. The molecule has 4 nitrogen and oxygen atoms in total. The fourth-order valence-electron chi connectivity index (χ4n) is 4.39. The lowest BCUT2D eigenvalue weighted by molar-refractivity contribution is 0.960. The van der Waals surface area contributed by atoms with Crippen molar-refractivity contribution in [2.45, 2.75) is 12.8 Å². The topological polar surface area (TPSA) is 56.3 Å². The molecule has 0 spiro atoms. The molecule has 4 heteroatoms. The molecule has 0 radical (unpaired) electrons. The minimum atomic E-state index is 0.964. The van der Waals surface area contributed by atoms with Crippen LogP contribution < -0.4 is 0 Å². The molecule has 0 amide bonds. The molecule has 2 N–H and O–H groups in total. The summed E-state index contributed by atoms with van der Waals surface area (Å²) in [5.74, 6) is 0. The summed E-state index contributed by atoms with van der Waals surface area (Å²) in [6.45, 7) is 0. The average Bonchev–Trinajstić information content (AvgIpc) is 3.59. The van der Waals surface area contributed by atoms with Gasteiger partial charge >= 0.3 is 0 Å². The minimum Gasteiger partial charge on any atom is -0.361 e. The van der Waals surface area contributed by atoms with Crippen molar-refractivity contribution < 1.29 is 0 Å². The molecule has 0 aliphatic heterocycles. The first-order valence-electron chi connectivity index (χ1n) is 12.2. The van der Waals surface area contributed by atoms with E-state index >= 15 is 0 Å². The molecule has 0 aliphatic rings. The number of hydrogen-bond acceptors (Lipinski definition) is 2. The summed E-state index contributed by atoms with van der Waals surface area (Å²) in [6, 6.07) is 33.8. The Balaban J connectivity index is 1.03. The van der Waals surface area contributed by atoms with Gasteiger partial charge in [-0.1, -0.05) is 36.4 Å². The van der Waals surface area contributed by atoms with Crippen LogP contribution in [0.3, 0.4) is 0 Å². The van der Waals surface area contributed by atoms with Crippen LogP contribution in [0.15, 0.2) is 119 Å². The SMILES string of the molecule is C(=Nc1ccc(CCc2ccc(N=Cc3ccc4[nH]ccc4c3)cc2)cc1)c1ccc2[nH]ccc2c1. The highest BCUT2D eigenvalue weighted by atomic mass is 14.7. The molecule has 6 aromatic rings. The number of benzene rings is 4. The van der Waals surface area contributed by atoms with Crippen LogP contribution in [0.5, 0.6) is 0 Å². The third kappa shape index (κ3) is 5.03. The number of aliphatic imine (C=N–C) groups is 2. The molecule has 0 aliphatic carbocycles. The minimum absolute atomic E-state index is 0.964. The Labute approximate surface area is 210 Å². The van der Waals surface area contributed by atoms with Gasteiger partial charge in [-0.05, 0) is 107 Å². The highest BCUT2D eigenvalue weighted by Crippen LogP contribution is 2.19. The van der Waals surface area contributed by atoms with E-state index in [4.69, 9.17) is 0 Å². The van der Waals surface area contributed by atoms with Crippen LogP contribution in [0, 0.1) is 0 Å². The number of fused-ring (bicyclic) bond motifs is 2. The maximum atomic E-state index is 4.64. The van der Waals surface area contributed by atoms with Gasteiger partial charge in [-0.25, -0.2) is 0 Å². The van der Waals surface area contributed by atoms with Gasteiger partial charge in [0, 0.05) is 35.9 Å². The van der Waals surface area contributed by atoms with Gasteiger partial charge in [0.2, 0.25) is 0 Å². The summed E-state index contributed by atoms with van der Waals surface area (Å²) in [6.07, 6.45) is 9.74. The molecule has 0 bridgehead atoms. The van der Waals surface area contributed by atoms with Crippen LogP contribution in [-0.4, -0.2) is 22.4 Å². The smallest absolute Gasteiger partial charge is 0.0630 e. The Morgan fingerprint density at radius 3 is 1.39 bits per heavy atom. The number of hydrogen-bond donors (Lipinski definition) is 2. The number of aryl methyl sites for hydroxylation is 2. The number of aromatic nitrogens is 2. The Kier molecular flexibility index (Phi) is 5.99. The monoisotopic (exact) mass is 466 g/mol. The van der Waals surface area contributed by atoms with E-state index in [2.05, 4.69) is 117 Å². The van der Waals surface area contributed by atoms with E-state index in [9.17, 15) is 0 Å². The van der Waals surface area contributed by atoms with E-state index in [1.807, 2.05) is 24.8 Å². The van der Waals surface area contributed by atoms with Crippen molar-refractivity contribution in [3.63, 3.8) is 0 Å². The third-order valence-corrected chi connectivity index (χ3v) is 6.46. The van der Waals surface area contributed by atoms with E-state index in [0.717, 1.165) is 46.4 Å². The normalized spacial score (nSPS) is 11.9. The zero-order valence-corrected chi connectivity index (χ0v) is 19.9. The number of rotatable bonds is 7. The van der Waals surface area contributed by atoms with Gasteiger partial charge in [0.25, 0.3) is 0 Å². The maximum absolute atomic E-state index is 4.64. The van der Waals surface area contributed by atoms with Crippen molar-refractivity contribution in [2.75, 3.05) is 0 Å². The van der Waals surface area contributed by atoms with Crippen LogP contribution in [0.4, 0.5) is 11.4 Å². The number of nitrogens with one attached hydrogen (secondary N) is 2. The Morgan fingerprint density at radius 2 is 0.944 bits per heavy atom. The Hall–Kier alpha value is -4.70. The van der Waals surface area contributed by atoms with Crippen LogP contribution in [0.2, 0.25) is 0 Å². The summed E-state index contributed by atoms with van der Waals surface area (Å²) in [4.78, 5) is 15.7. The second-order valence-electron chi connectivity index (χ2n) is 9.00. The van der Waals surface area contributed by atoms with Crippen LogP contribution >= 0.6 is 0 Å². The van der Waals surface area contributed by atoms with Crippen molar-refractivity contribution in [1.29, 1.82) is 0 Å². The molecule has 0 atom stereocenters. The van der Waals surface area contributed by atoms with Gasteiger partial charge in [-0.2, -0.15) is 0 Å². The molecular formula is C32H26N4. The largest absolute Gasteiger partial charge is 0.361 e. The summed E-state index contributed by atoms with van der Waals surface area (Å²) in [5.41, 5.74) is 9.03. The second kappa shape index (κ2) is 9.88. The van der Waals surface area contributed by atoms with Crippen molar-refractivity contribution in [1.82, 2.24) is 9.97 Å². The van der Waals surface area contributed by atoms with Crippen molar-refractivity contribution in [3.8, 4) is 0 Å². The summed E-state index contributed by atoms with van der Waals surface area (Å²) in [7, 11) is 0. The van der Waals surface area contributed by atoms with Crippen molar-refractivity contribution in [2.24, 2.45) is 9.98 Å². The number of H-pyrrole nitrogens is 2. The first-order chi connectivity index (χ1) is 17.8.